The normalized spacial score (nSPS) is 15.2. The van der Waals surface area contributed by atoms with Crippen LogP contribution >= 0.6 is 0 Å². The SMILES string of the molecule is CCCCON(C=O)C[C@H](CC(C)C)C(=O)N1CCN(c2ccc(OC)cc2)CC1. The minimum atomic E-state index is -0.246. The molecule has 2 rings (SSSR count). The summed E-state index contributed by atoms with van der Waals surface area (Å²) in [4.78, 5) is 34.4. The molecule has 30 heavy (non-hydrogen) atoms. The molecule has 1 atom stereocenters. The molecule has 1 aliphatic rings. The van der Waals surface area contributed by atoms with Gasteiger partial charge in [0.05, 0.1) is 26.2 Å². The minimum absolute atomic E-state index is 0.115. The number of hydroxylamine groups is 2. The van der Waals surface area contributed by atoms with Crippen molar-refractivity contribution in [2.75, 3.05) is 51.3 Å². The molecule has 0 aromatic heterocycles. The van der Waals surface area contributed by atoms with Gasteiger partial charge in [-0.25, -0.2) is 5.06 Å². The summed E-state index contributed by atoms with van der Waals surface area (Å²) in [5.41, 5.74) is 1.14. The van der Waals surface area contributed by atoms with Gasteiger partial charge in [0.2, 0.25) is 12.3 Å². The van der Waals surface area contributed by atoms with Crippen molar-refractivity contribution in [3.8, 4) is 5.75 Å². The van der Waals surface area contributed by atoms with Gasteiger partial charge in [0.15, 0.2) is 0 Å². The number of amides is 2. The van der Waals surface area contributed by atoms with Crippen molar-refractivity contribution in [3.63, 3.8) is 0 Å². The van der Waals surface area contributed by atoms with Crippen molar-refractivity contribution in [2.24, 2.45) is 11.8 Å². The lowest BCUT2D eigenvalue weighted by atomic mass is 9.95. The van der Waals surface area contributed by atoms with Gasteiger partial charge < -0.3 is 14.5 Å². The van der Waals surface area contributed by atoms with Crippen LogP contribution in [0.1, 0.15) is 40.0 Å². The summed E-state index contributed by atoms with van der Waals surface area (Å²) in [6, 6.07) is 8.01. The molecule has 1 saturated heterocycles. The van der Waals surface area contributed by atoms with E-state index < -0.39 is 0 Å². The number of carbonyl (C=O) groups excluding carboxylic acids is 2. The van der Waals surface area contributed by atoms with Gasteiger partial charge in [-0.3, -0.25) is 14.4 Å². The number of piperazine rings is 1. The Bertz CT molecular complexity index is 642. The van der Waals surface area contributed by atoms with E-state index in [0.717, 1.165) is 43.8 Å². The molecule has 7 heteroatoms. The fourth-order valence-corrected chi connectivity index (χ4v) is 3.73. The molecular weight excluding hydrogens is 382 g/mol. The molecule has 0 bridgehead atoms. The first-order valence-corrected chi connectivity index (χ1v) is 11.0. The highest BCUT2D eigenvalue weighted by atomic mass is 16.7. The van der Waals surface area contributed by atoms with E-state index in [9.17, 15) is 9.59 Å². The van der Waals surface area contributed by atoms with Crippen LogP contribution in [0.3, 0.4) is 0 Å². The minimum Gasteiger partial charge on any atom is -0.497 e. The number of carbonyl (C=O) groups is 2. The number of rotatable bonds is 12. The zero-order chi connectivity index (χ0) is 21.9. The highest BCUT2D eigenvalue weighted by Crippen LogP contribution is 2.22. The van der Waals surface area contributed by atoms with Crippen molar-refractivity contribution in [1.29, 1.82) is 0 Å². The number of benzene rings is 1. The lowest BCUT2D eigenvalue weighted by Crippen LogP contribution is -2.51. The topological polar surface area (TPSA) is 62.3 Å². The van der Waals surface area contributed by atoms with Gasteiger partial charge in [-0.1, -0.05) is 27.2 Å². The Labute approximate surface area is 180 Å². The van der Waals surface area contributed by atoms with Crippen molar-refractivity contribution in [1.82, 2.24) is 9.96 Å². The fraction of sp³-hybridized carbons (Fsp3) is 0.652. The first-order chi connectivity index (χ1) is 14.5. The molecule has 1 heterocycles. The summed E-state index contributed by atoms with van der Waals surface area (Å²) < 4.78 is 5.22. The lowest BCUT2D eigenvalue weighted by Gasteiger charge is -2.38. The predicted molar refractivity (Wildman–Crippen MR) is 118 cm³/mol. The third kappa shape index (κ3) is 7.20. The molecule has 0 N–H and O–H groups in total. The van der Waals surface area contributed by atoms with Crippen LogP contribution in [0.5, 0.6) is 5.75 Å². The molecule has 1 aromatic rings. The van der Waals surface area contributed by atoms with Crippen LogP contribution in [-0.4, -0.2) is 68.7 Å². The summed E-state index contributed by atoms with van der Waals surface area (Å²) in [6.07, 6.45) is 3.32. The molecule has 0 unspecified atom stereocenters. The Morgan fingerprint density at radius 2 is 1.83 bits per heavy atom. The summed E-state index contributed by atoms with van der Waals surface area (Å²) in [5.74, 6) is 1.07. The van der Waals surface area contributed by atoms with Gasteiger partial charge in [0.1, 0.15) is 5.75 Å². The van der Waals surface area contributed by atoms with Crippen molar-refractivity contribution in [3.05, 3.63) is 24.3 Å². The summed E-state index contributed by atoms with van der Waals surface area (Å²) >= 11 is 0. The standard InChI is InChI=1S/C23H37N3O4/c1-5-6-15-30-26(18-27)17-20(16-19(2)3)23(28)25-13-11-24(12-14-25)21-7-9-22(29-4)10-8-21/h7-10,18-20H,5-6,11-17H2,1-4H3/t20-/m0/s1. The van der Waals surface area contributed by atoms with Crippen LogP contribution in [0, 0.1) is 11.8 Å². The molecule has 0 aliphatic carbocycles. The summed E-state index contributed by atoms with van der Waals surface area (Å²) in [7, 11) is 1.66. The Morgan fingerprint density at radius 3 is 2.37 bits per heavy atom. The number of ether oxygens (including phenoxy) is 1. The van der Waals surface area contributed by atoms with Crippen molar-refractivity contribution >= 4 is 18.0 Å². The van der Waals surface area contributed by atoms with Crippen LogP contribution in [0.2, 0.25) is 0 Å². The number of unbranched alkanes of at least 4 members (excludes halogenated alkanes) is 1. The molecule has 1 fully saturated rings. The van der Waals surface area contributed by atoms with Crippen LogP contribution in [0.4, 0.5) is 5.69 Å². The zero-order valence-corrected chi connectivity index (χ0v) is 18.9. The van der Waals surface area contributed by atoms with E-state index >= 15 is 0 Å². The van der Waals surface area contributed by atoms with E-state index in [4.69, 9.17) is 9.57 Å². The van der Waals surface area contributed by atoms with Gasteiger partial charge in [-0.2, -0.15) is 0 Å². The van der Waals surface area contributed by atoms with Gasteiger partial charge in [0, 0.05) is 31.9 Å². The first-order valence-electron chi connectivity index (χ1n) is 11.0. The van der Waals surface area contributed by atoms with E-state index in [0.29, 0.717) is 38.6 Å². The fourth-order valence-electron chi connectivity index (χ4n) is 3.73. The van der Waals surface area contributed by atoms with Crippen molar-refractivity contribution in [2.45, 2.75) is 40.0 Å². The number of hydrogen-bond donors (Lipinski definition) is 0. The van der Waals surface area contributed by atoms with Gasteiger partial charge in [-0.15, -0.1) is 0 Å². The Kier molecular flexibility index (Phi) is 9.94. The third-order valence-electron chi connectivity index (χ3n) is 5.41. The highest BCUT2D eigenvalue weighted by Gasteiger charge is 2.29. The maximum atomic E-state index is 13.2. The monoisotopic (exact) mass is 419 g/mol. The Balaban J connectivity index is 1.94. The molecule has 0 saturated carbocycles. The van der Waals surface area contributed by atoms with Crippen LogP contribution in [-0.2, 0) is 14.4 Å². The molecule has 1 aliphatic heterocycles. The second-order valence-corrected chi connectivity index (χ2v) is 8.23. The molecule has 2 amide bonds. The number of nitrogens with zero attached hydrogens (tertiary/aromatic N) is 3. The lowest BCUT2D eigenvalue weighted by molar-refractivity contribution is -0.178. The smallest absolute Gasteiger partial charge is 0.233 e. The molecule has 7 nitrogen and oxygen atoms in total. The molecule has 1 aromatic carbocycles. The van der Waals surface area contributed by atoms with Crippen LogP contribution in [0.15, 0.2) is 24.3 Å². The summed E-state index contributed by atoms with van der Waals surface area (Å²) in [5, 5.41) is 1.30. The molecule has 168 valence electrons. The summed E-state index contributed by atoms with van der Waals surface area (Å²) in [6.45, 7) is 10.0. The van der Waals surface area contributed by atoms with E-state index in [1.54, 1.807) is 7.11 Å². The largest absolute Gasteiger partial charge is 0.497 e. The average molecular weight is 420 g/mol. The second kappa shape index (κ2) is 12.4. The van der Waals surface area contributed by atoms with Crippen LogP contribution < -0.4 is 9.64 Å². The number of hydrogen-bond acceptors (Lipinski definition) is 5. The molecule has 0 radical (unpaired) electrons. The number of anilines is 1. The predicted octanol–water partition coefficient (Wildman–Crippen LogP) is 3.20. The Hall–Kier alpha value is -2.28. The van der Waals surface area contributed by atoms with Gasteiger partial charge in [-0.05, 0) is 43.0 Å². The number of methoxy groups -OCH3 is 1. The average Bonchev–Trinajstić information content (AvgIpc) is 2.77. The van der Waals surface area contributed by atoms with Crippen molar-refractivity contribution < 1.29 is 19.2 Å². The quantitative estimate of drug-likeness (QED) is 0.296. The van der Waals surface area contributed by atoms with Gasteiger partial charge >= 0.3 is 0 Å². The highest BCUT2D eigenvalue weighted by molar-refractivity contribution is 5.79. The maximum Gasteiger partial charge on any atom is 0.233 e. The van der Waals surface area contributed by atoms with Crippen LogP contribution in [0.25, 0.3) is 0 Å². The third-order valence-corrected chi connectivity index (χ3v) is 5.41. The maximum absolute atomic E-state index is 13.2. The van der Waals surface area contributed by atoms with Gasteiger partial charge in [0.25, 0.3) is 0 Å². The molecular formula is C23H37N3O4. The zero-order valence-electron chi connectivity index (χ0n) is 18.9. The first kappa shape index (κ1) is 24.0. The molecule has 0 spiro atoms. The second-order valence-electron chi connectivity index (χ2n) is 8.23. The Morgan fingerprint density at radius 1 is 1.17 bits per heavy atom. The van der Waals surface area contributed by atoms with E-state index in [1.807, 2.05) is 29.2 Å². The van der Waals surface area contributed by atoms with E-state index in [2.05, 4.69) is 25.7 Å². The van der Waals surface area contributed by atoms with E-state index in [-0.39, 0.29) is 11.8 Å². The van der Waals surface area contributed by atoms with E-state index in [1.165, 1.54) is 5.06 Å².